The molecule has 28 heavy (non-hydrogen) atoms. The van der Waals surface area contributed by atoms with Crippen LogP contribution in [0, 0.1) is 18.8 Å². The Morgan fingerprint density at radius 3 is 2.86 bits per heavy atom. The van der Waals surface area contributed by atoms with Crippen LogP contribution in [0.15, 0.2) is 4.99 Å². The lowest BCUT2D eigenvalue weighted by Gasteiger charge is -2.31. The first kappa shape index (κ1) is 20.6. The Morgan fingerprint density at radius 2 is 2.11 bits per heavy atom. The van der Waals surface area contributed by atoms with E-state index in [9.17, 15) is 4.79 Å². The summed E-state index contributed by atoms with van der Waals surface area (Å²) in [6.07, 6.45) is 6.09. The second-order valence-electron chi connectivity index (χ2n) is 8.50. The zero-order valence-electron chi connectivity index (χ0n) is 17.7. The Morgan fingerprint density at radius 1 is 1.29 bits per heavy atom. The number of hydrogen-bond acceptors (Lipinski definition) is 4. The number of nitrogens with one attached hydrogen (secondary N) is 3. The van der Waals surface area contributed by atoms with Crippen molar-refractivity contribution in [2.24, 2.45) is 16.8 Å². The highest BCUT2D eigenvalue weighted by Gasteiger charge is 2.28. The summed E-state index contributed by atoms with van der Waals surface area (Å²) in [6.45, 7) is 7.87. The van der Waals surface area contributed by atoms with Crippen LogP contribution < -0.4 is 16.0 Å². The molecule has 3 unspecified atom stereocenters. The first-order chi connectivity index (χ1) is 13.5. The lowest BCUT2D eigenvalue weighted by Crippen LogP contribution is -2.48. The summed E-state index contributed by atoms with van der Waals surface area (Å²) in [6, 6.07) is 0.488. The van der Waals surface area contributed by atoms with Gasteiger partial charge in [0.05, 0.1) is 0 Å². The molecule has 3 N–H and O–H groups in total. The van der Waals surface area contributed by atoms with Gasteiger partial charge in [0.2, 0.25) is 5.91 Å². The van der Waals surface area contributed by atoms with Crippen molar-refractivity contribution in [2.45, 2.75) is 77.9 Å². The molecule has 1 aliphatic carbocycles. The lowest BCUT2D eigenvalue weighted by atomic mass is 9.85. The minimum atomic E-state index is 0.0974. The van der Waals surface area contributed by atoms with E-state index in [4.69, 9.17) is 0 Å². The number of guanidine groups is 1. The average Bonchev–Trinajstić information content (AvgIpc) is 3.05. The van der Waals surface area contributed by atoms with E-state index in [1.54, 1.807) is 0 Å². The van der Waals surface area contributed by atoms with Crippen LogP contribution in [0.4, 0.5) is 0 Å². The van der Waals surface area contributed by atoms with Gasteiger partial charge in [0, 0.05) is 44.6 Å². The third kappa shape index (κ3) is 5.23. The second kappa shape index (κ2) is 9.39. The summed E-state index contributed by atoms with van der Waals surface area (Å²) in [7, 11) is 1.81. The lowest BCUT2D eigenvalue weighted by molar-refractivity contribution is -0.126. The van der Waals surface area contributed by atoms with Crippen LogP contribution >= 0.6 is 0 Å². The van der Waals surface area contributed by atoms with Gasteiger partial charge in [0.1, 0.15) is 11.6 Å². The van der Waals surface area contributed by atoms with Crippen LogP contribution in [0.25, 0.3) is 0 Å². The number of aromatic nitrogens is 3. The standard InChI is InChI=1S/C20H35N7O/c1-13(2)23-19(28)16-6-5-7-17(10-16)24-20(21-4)22-11-15-8-9-18-26-25-14(3)27(18)12-15/h13,15-17H,5-12H2,1-4H3,(H,23,28)(H2,21,22,24). The summed E-state index contributed by atoms with van der Waals surface area (Å²) in [5, 5.41) is 18.5. The SMILES string of the molecule is CN=C(NCC1CCc2nnc(C)n2C1)NC1CCCC(C(=O)NC(C)C)C1. The number of nitrogens with zero attached hydrogens (tertiary/aromatic N) is 4. The predicted molar refractivity (Wildman–Crippen MR) is 110 cm³/mol. The second-order valence-corrected chi connectivity index (χ2v) is 8.50. The smallest absolute Gasteiger partial charge is 0.223 e. The Hall–Kier alpha value is -2.12. The van der Waals surface area contributed by atoms with E-state index in [0.29, 0.717) is 12.0 Å². The van der Waals surface area contributed by atoms with Gasteiger partial charge in [-0.05, 0) is 52.4 Å². The first-order valence-electron chi connectivity index (χ1n) is 10.6. The molecular formula is C20H35N7O. The fourth-order valence-corrected chi connectivity index (χ4v) is 4.29. The van der Waals surface area contributed by atoms with Gasteiger partial charge in [-0.3, -0.25) is 9.79 Å². The molecule has 0 bridgehead atoms. The molecule has 1 saturated carbocycles. The molecule has 1 aromatic rings. The molecule has 156 valence electrons. The maximum atomic E-state index is 12.4. The minimum absolute atomic E-state index is 0.0974. The van der Waals surface area contributed by atoms with Crippen LogP contribution in [-0.4, -0.2) is 52.3 Å². The predicted octanol–water partition coefficient (Wildman–Crippen LogP) is 1.40. The highest BCUT2D eigenvalue weighted by atomic mass is 16.1. The maximum Gasteiger partial charge on any atom is 0.223 e. The fraction of sp³-hybridized carbons (Fsp3) is 0.800. The summed E-state index contributed by atoms with van der Waals surface area (Å²) in [4.78, 5) is 16.7. The molecule has 1 fully saturated rings. The van der Waals surface area contributed by atoms with Crippen LogP contribution in [0.5, 0.6) is 0 Å². The third-order valence-corrected chi connectivity index (χ3v) is 5.83. The van der Waals surface area contributed by atoms with E-state index in [0.717, 1.165) is 69.2 Å². The highest BCUT2D eigenvalue weighted by Crippen LogP contribution is 2.25. The van der Waals surface area contributed by atoms with E-state index in [1.807, 2.05) is 27.8 Å². The molecule has 1 aliphatic heterocycles. The van der Waals surface area contributed by atoms with E-state index < -0.39 is 0 Å². The van der Waals surface area contributed by atoms with E-state index >= 15 is 0 Å². The van der Waals surface area contributed by atoms with Crippen LogP contribution in [-0.2, 0) is 17.8 Å². The van der Waals surface area contributed by atoms with Gasteiger partial charge in [0.15, 0.2) is 5.96 Å². The summed E-state index contributed by atoms with van der Waals surface area (Å²) in [5.74, 6) is 3.75. The van der Waals surface area contributed by atoms with Gasteiger partial charge in [-0.25, -0.2) is 0 Å². The van der Waals surface area contributed by atoms with Crippen LogP contribution in [0.1, 0.15) is 57.6 Å². The topological polar surface area (TPSA) is 96.2 Å². The molecule has 0 spiro atoms. The van der Waals surface area contributed by atoms with Crippen molar-refractivity contribution in [1.82, 2.24) is 30.7 Å². The number of aliphatic imine (C=N–C) groups is 1. The van der Waals surface area contributed by atoms with Crippen LogP contribution in [0.2, 0.25) is 0 Å². The van der Waals surface area contributed by atoms with Gasteiger partial charge in [-0.15, -0.1) is 10.2 Å². The van der Waals surface area contributed by atoms with Crippen molar-refractivity contribution < 1.29 is 4.79 Å². The van der Waals surface area contributed by atoms with Crippen molar-refractivity contribution in [2.75, 3.05) is 13.6 Å². The number of hydrogen-bond donors (Lipinski definition) is 3. The quantitative estimate of drug-likeness (QED) is 0.522. The van der Waals surface area contributed by atoms with E-state index in [-0.39, 0.29) is 17.9 Å². The fourth-order valence-electron chi connectivity index (χ4n) is 4.29. The Balaban J connectivity index is 1.47. The molecule has 3 atom stereocenters. The number of rotatable bonds is 5. The summed E-state index contributed by atoms with van der Waals surface area (Å²) >= 11 is 0. The van der Waals surface area contributed by atoms with E-state index in [1.165, 1.54) is 0 Å². The maximum absolute atomic E-state index is 12.4. The number of carbonyl (C=O) groups is 1. The molecule has 8 nitrogen and oxygen atoms in total. The van der Waals surface area contributed by atoms with Crippen molar-refractivity contribution in [3.8, 4) is 0 Å². The highest BCUT2D eigenvalue weighted by molar-refractivity contribution is 5.81. The van der Waals surface area contributed by atoms with E-state index in [2.05, 4.69) is 35.7 Å². The third-order valence-electron chi connectivity index (χ3n) is 5.83. The molecule has 2 aliphatic rings. The van der Waals surface area contributed by atoms with Gasteiger partial charge in [-0.2, -0.15) is 0 Å². The van der Waals surface area contributed by atoms with Crippen LogP contribution in [0.3, 0.4) is 0 Å². The average molecular weight is 390 g/mol. The largest absolute Gasteiger partial charge is 0.356 e. The molecule has 1 aromatic heterocycles. The molecule has 0 radical (unpaired) electrons. The minimum Gasteiger partial charge on any atom is -0.356 e. The molecule has 1 amide bonds. The zero-order chi connectivity index (χ0) is 20.1. The first-order valence-corrected chi connectivity index (χ1v) is 10.6. The van der Waals surface area contributed by atoms with Crippen molar-refractivity contribution in [1.29, 1.82) is 0 Å². The number of carbonyl (C=O) groups excluding carboxylic acids is 1. The van der Waals surface area contributed by atoms with Gasteiger partial charge < -0.3 is 20.5 Å². The number of aryl methyl sites for hydroxylation is 2. The molecule has 2 heterocycles. The summed E-state index contributed by atoms with van der Waals surface area (Å²) < 4.78 is 2.23. The van der Waals surface area contributed by atoms with Gasteiger partial charge in [-0.1, -0.05) is 6.42 Å². The molecule has 8 heteroatoms. The summed E-state index contributed by atoms with van der Waals surface area (Å²) in [5.41, 5.74) is 0. The molecule has 3 rings (SSSR count). The van der Waals surface area contributed by atoms with Crippen molar-refractivity contribution in [3.63, 3.8) is 0 Å². The molecular weight excluding hydrogens is 354 g/mol. The number of amides is 1. The Bertz CT molecular complexity index is 697. The van der Waals surface area contributed by atoms with Gasteiger partial charge in [0.25, 0.3) is 0 Å². The Labute approximate surface area is 168 Å². The van der Waals surface area contributed by atoms with Gasteiger partial charge >= 0.3 is 0 Å². The number of fused-ring (bicyclic) bond motifs is 1. The zero-order valence-corrected chi connectivity index (χ0v) is 17.7. The molecule has 0 saturated heterocycles. The Kier molecular flexibility index (Phi) is 6.91. The van der Waals surface area contributed by atoms with Crippen molar-refractivity contribution >= 4 is 11.9 Å². The molecule has 0 aromatic carbocycles. The normalized spacial score (nSPS) is 25.3. The monoisotopic (exact) mass is 389 g/mol. The van der Waals surface area contributed by atoms with Crippen molar-refractivity contribution in [3.05, 3.63) is 11.6 Å².